The Bertz CT molecular complexity index is 437. The van der Waals surface area contributed by atoms with Gasteiger partial charge >= 0.3 is 0 Å². The van der Waals surface area contributed by atoms with E-state index in [1.165, 1.54) is 0 Å². The van der Waals surface area contributed by atoms with Crippen molar-refractivity contribution in [3.05, 3.63) is 15.9 Å². The van der Waals surface area contributed by atoms with Crippen LogP contribution in [-0.2, 0) is 13.5 Å². The topological polar surface area (TPSA) is 58.3 Å². The highest BCUT2D eigenvalue weighted by atomic mass is 79.9. The standard InChI is InChI=1S/C14H23BrN2O2/c1-10-13(15)11(17(2)16-10)9-12(18)14(19)7-5-3-4-6-8-14/h12,18-19H,3-9H2,1-2H3. The van der Waals surface area contributed by atoms with E-state index in [1.54, 1.807) is 4.68 Å². The largest absolute Gasteiger partial charge is 0.390 e. The zero-order chi connectivity index (χ0) is 14.0. The molecule has 0 aromatic carbocycles. The maximum atomic E-state index is 10.7. The molecule has 1 unspecified atom stereocenters. The van der Waals surface area contributed by atoms with Gasteiger partial charge in [-0.25, -0.2) is 0 Å². The number of aromatic nitrogens is 2. The smallest absolute Gasteiger partial charge is 0.0909 e. The number of nitrogens with zero attached hydrogens (tertiary/aromatic N) is 2. The van der Waals surface area contributed by atoms with E-state index in [2.05, 4.69) is 21.0 Å². The fourth-order valence-electron chi connectivity index (χ4n) is 2.95. The number of halogens is 1. The molecule has 1 aromatic rings. The SMILES string of the molecule is Cc1nn(C)c(CC(O)C2(O)CCCCCC2)c1Br. The van der Waals surface area contributed by atoms with Gasteiger partial charge in [-0.15, -0.1) is 0 Å². The lowest BCUT2D eigenvalue weighted by Crippen LogP contribution is -2.43. The maximum absolute atomic E-state index is 10.7. The van der Waals surface area contributed by atoms with Gasteiger partial charge in [0, 0.05) is 13.5 Å². The molecule has 4 nitrogen and oxygen atoms in total. The average Bonchev–Trinajstić information content (AvgIpc) is 2.58. The Labute approximate surface area is 123 Å². The summed E-state index contributed by atoms with van der Waals surface area (Å²) in [4.78, 5) is 0. The normalized spacial score (nSPS) is 21.1. The predicted octanol–water partition coefficient (Wildman–Crippen LogP) is 2.48. The van der Waals surface area contributed by atoms with Crippen LogP contribution in [0.5, 0.6) is 0 Å². The molecule has 1 atom stereocenters. The van der Waals surface area contributed by atoms with Crippen LogP contribution in [0.3, 0.4) is 0 Å². The second-order valence-electron chi connectivity index (χ2n) is 5.71. The van der Waals surface area contributed by atoms with E-state index < -0.39 is 11.7 Å². The van der Waals surface area contributed by atoms with E-state index in [1.807, 2.05) is 14.0 Å². The summed E-state index contributed by atoms with van der Waals surface area (Å²) >= 11 is 3.51. The molecule has 0 radical (unpaired) electrons. The monoisotopic (exact) mass is 330 g/mol. The Morgan fingerprint density at radius 2 is 1.89 bits per heavy atom. The highest BCUT2D eigenvalue weighted by Crippen LogP contribution is 2.32. The van der Waals surface area contributed by atoms with Gasteiger partial charge in [-0.05, 0) is 35.7 Å². The highest BCUT2D eigenvalue weighted by Gasteiger charge is 2.36. The minimum Gasteiger partial charge on any atom is -0.390 e. The molecule has 1 aromatic heterocycles. The first kappa shape index (κ1) is 15.0. The Hall–Kier alpha value is -0.390. The molecule has 0 aliphatic heterocycles. The second kappa shape index (κ2) is 5.94. The first-order valence-corrected chi connectivity index (χ1v) is 7.82. The summed E-state index contributed by atoms with van der Waals surface area (Å²) in [5.74, 6) is 0. The molecule has 1 aliphatic rings. The van der Waals surface area contributed by atoms with E-state index in [-0.39, 0.29) is 0 Å². The molecule has 0 saturated heterocycles. The fraction of sp³-hybridized carbons (Fsp3) is 0.786. The van der Waals surface area contributed by atoms with Crippen molar-refractivity contribution < 1.29 is 10.2 Å². The maximum Gasteiger partial charge on any atom is 0.0909 e. The summed E-state index contributed by atoms with van der Waals surface area (Å²) in [6.45, 7) is 1.93. The van der Waals surface area contributed by atoms with Gasteiger partial charge in [0.2, 0.25) is 0 Å². The first-order valence-electron chi connectivity index (χ1n) is 7.02. The quantitative estimate of drug-likeness (QED) is 0.837. The Kier molecular flexibility index (Phi) is 4.69. The van der Waals surface area contributed by atoms with Crippen molar-refractivity contribution in [3.63, 3.8) is 0 Å². The molecule has 1 fully saturated rings. The van der Waals surface area contributed by atoms with Crippen LogP contribution >= 0.6 is 15.9 Å². The van der Waals surface area contributed by atoms with Crippen molar-refractivity contribution >= 4 is 15.9 Å². The molecule has 2 rings (SSSR count). The summed E-state index contributed by atoms with van der Waals surface area (Å²) < 4.78 is 2.72. The zero-order valence-electron chi connectivity index (χ0n) is 11.7. The molecule has 0 bridgehead atoms. The van der Waals surface area contributed by atoms with Crippen molar-refractivity contribution in [2.45, 2.75) is 63.6 Å². The lowest BCUT2D eigenvalue weighted by molar-refractivity contribution is -0.0843. The number of hydrogen-bond donors (Lipinski definition) is 2. The van der Waals surface area contributed by atoms with Gasteiger partial charge in [-0.1, -0.05) is 25.7 Å². The highest BCUT2D eigenvalue weighted by molar-refractivity contribution is 9.10. The third-order valence-electron chi connectivity index (χ3n) is 4.24. The molecule has 1 aliphatic carbocycles. The molecule has 0 amide bonds. The van der Waals surface area contributed by atoms with E-state index in [0.717, 1.165) is 41.5 Å². The molecule has 5 heteroatoms. The van der Waals surface area contributed by atoms with E-state index in [9.17, 15) is 10.2 Å². The molecule has 1 heterocycles. The summed E-state index contributed by atoms with van der Waals surface area (Å²) in [7, 11) is 1.87. The molecular formula is C14H23BrN2O2. The van der Waals surface area contributed by atoms with Crippen LogP contribution in [-0.4, -0.2) is 31.7 Å². The summed E-state index contributed by atoms with van der Waals surface area (Å²) in [5, 5.41) is 25.5. The third-order valence-corrected chi connectivity index (χ3v) is 5.27. The lowest BCUT2D eigenvalue weighted by atomic mass is 9.86. The Morgan fingerprint density at radius 1 is 1.32 bits per heavy atom. The molecule has 108 valence electrons. The molecule has 19 heavy (non-hydrogen) atoms. The van der Waals surface area contributed by atoms with Crippen LogP contribution < -0.4 is 0 Å². The predicted molar refractivity (Wildman–Crippen MR) is 78.0 cm³/mol. The van der Waals surface area contributed by atoms with Crippen molar-refractivity contribution in [2.24, 2.45) is 7.05 Å². The van der Waals surface area contributed by atoms with Crippen molar-refractivity contribution in [2.75, 3.05) is 0 Å². The van der Waals surface area contributed by atoms with Crippen LogP contribution in [0.15, 0.2) is 4.47 Å². The van der Waals surface area contributed by atoms with Gasteiger partial charge in [0.15, 0.2) is 0 Å². The molecule has 0 spiro atoms. The number of aryl methyl sites for hydroxylation is 2. The van der Waals surface area contributed by atoms with Crippen molar-refractivity contribution in [3.8, 4) is 0 Å². The third kappa shape index (κ3) is 3.20. The molecule has 1 saturated carbocycles. The Balaban J connectivity index is 2.13. The summed E-state index contributed by atoms with van der Waals surface area (Å²) in [6.07, 6.45) is 5.42. The number of hydrogen-bond acceptors (Lipinski definition) is 3. The van der Waals surface area contributed by atoms with Gasteiger partial charge in [0.1, 0.15) is 0 Å². The minimum absolute atomic E-state index is 0.439. The van der Waals surface area contributed by atoms with Gasteiger partial charge in [-0.2, -0.15) is 5.10 Å². The minimum atomic E-state index is -0.936. The lowest BCUT2D eigenvalue weighted by Gasteiger charge is -2.32. The number of rotatable bonds is 3. The zero-order valence-corrected chi connectivity index (χ0v) is 13.3. The number of aliphatic hydroxyl groups is 2. The van der Waals surface area contributed by atoms with Gasteiger partial charge in [-0.3, -0.25) is 4.68 Å². The van der Waals surface area contributed by atoms with Gasteiger partial charge < -0.3 is 10.2 Å². The first-order chi connectivity index (χ1) is 8.94. The van der Waals surface area contributed by atoms with E-state index in [4.69, 9.17) is 0 Å². The second-order valence-corrected chi connectivity index (χ2v) is 6.50. The molecule has 2 N–H and O–H groups in total. The van der Waals surface area contributed by atoms with Gasteiger partial charge in [0.05, 0.1) is 27.6 Å². The molecular weight excluding hydrogens is 308 g/mol. The summed E-state index contributed by atoms with van der Waals surface area (Å²) in [6, 6.07) is 0. The Morgan fingerprint density at radius 3 is 2.37 bits per heavy atom. The van der Waals surface area contributed by atoms with Crippen molar-refractivity contribution in [1.29, 1.82) is 0 Å². The van der Waals surface area contributed by atoms with Crippen LogP contribution in [0, 0.1) is 6.92 Å². The van der Waals surface area contributed by atoms with E-state index >= 15 is 0 Å². The van der Waals surface area contributed by atoms with Gasteiger partial charge in [0.25, 0.3) is 0 Å². The average molecular weight is 331 g/mol. The van der Waals surface area contributed by atoms with Crippen LogP contribution in [0.4, 0.5) is 0 Å². The van der Waals surface area contributed by atoms with Crippen LogP contribution in [0.25, 0.3) is 0 Å². The summed E-state index contributed by atoms with van der Waals surface area (Å²) in [5.41, 5.74) is 0.925. The van der Waals surface area contributed by atoms with Crippen molar-refractivity contribution in [1.82, 2.24) is 9.78 Å². The number of aliphatic hydroxyl groups excluding tert-OH is 1. The van der Waals surface area contributed by atoms with Crippen LogP contribution in [0.1, 0.15) is 49.9 Å². The van der Waals surface area contributed by atoms with Crippen LogP contribution in [0.2, 0.25) is 0 Å². The van der Waals surface area contributed by atoms with E-state index in [0.29, 0.717) is 19.3 Å². The fourth-order valence-corrected chi connectivity index (χ4v) is 3.45.